The third-order valence-electron chi connectivity index (χ3n) is 3.26. The van der Waals surface area contributed by atoms with E-state index >= 15 is 0 Å². The van der Waals surface area contributed by atoms with Crippen LogP contribution in [0.3, 0.4) is 0 Å². The third kappa shape index (κ3) is 3.71. The van der Waals surface area contributed by atoms with E-state index in [1.807, 2.05) is 6.92 Å². The Hall–Kier alpha value is -0.130. The van der Waals surface area contributed by atoms with E-state index in [2.05, 4.69) is 12.2 Å². The van der Waals surface area contributed by atoms with Crippen LogP contribution >= 0.6 is 0 Å². The number of nitrogens with one attached hydrogen (secondary N) is 1. The standard InChI is InChI=1S/C11H24N2O2S/c1-4-5-10(2)9-16(14,15)13(3)11-6-7-12-8-11/h10-12H,4-9H2,1-3H3. The van der Waals surface area contributed by atoms with E-state index in [0.717, 1.165) is 32.4 Å². The maximum atomic E-state index is 12.1. The number of rotatable bonds is 6. The number of sulfonamides is 1. The first kappa shape index (κ1) is 13.9. The molecule has 2 unspecified atom stereocenters. The molecule has 0 radical (unpaired) electrons. The summed E-state index contributed by atoms with van der Waals surface area (Å²) in [6, 6.07) is 0.152. The summed E-state index contributed by atoms with van der Waals surface area (Å²) in [4.78, 5) is 0. The second-order valence-corrected chi connectivity index (χ2v) is 6.91. The highest BCUT2D eigenvalue weighted by Gasteiger charge is 2.29. The smallest absolute Gasteiger partial charge is 0.214 e. The van der Waals surface area contributed by atoms with Crippen molar-refractivity contribution < 1.29 is 8.42 Å². The summed E-state index contributed by atoms with van der Waals surface area (Å²) in [6.07, 6.45) is 2.96. The van der Waals surface area contributed by atoms with Gasteiger partial charge in [0.1, 0.15) is 0 Å². The van der Waals surface area contributed by atoms with Gasteiger partial charge in [-0.15, -0.1) is 0 Å². The zero-order valence-electron chi connectivity index (χ0n) is 10.6. The van der Waals surface area contributed by atoms with Gasteiger partial charge in [-0.05, 0) is 25.3 Å². The summed E-state index contributed by atoms with van der Waals surface area (Å²) in [5.74, 6) is 0.542. The molecule has 4 nitrogen and oxygen atoms in total. The predicted octanol–water partition coefficient (Wildman–Crippen LogP) is 1.05. The lowest BCUT2D eigenvalue weighted by molar-refractivity contribution is 0.382. The van der Waals surface area contributed by atoms with Crippen molar-refractivity contribution in [1.29, 1.82) is 0 Å². The number of hydrogen-bond donors (Lipinski definition) is 1. The van der Waals surface area contributed by atoms with Crippen LogP contribution in [0.2, 0.25) is 0 Å². The summed E-state index contributed by atoms with van der Waals surface area (Å²) in [5.41, 5.74) is 0. The number of hydrogen-bond acceptors (Lipinski definition) is 3. The molecule has 1 rings (SSSR count). The lowest BCUT2D eigenvalue weighted by atomic mass is 10.1. The van der Waals surface area contributed by atoms with Crippen LogP contribution < -0.4 is 5.32 Å². The molecule has 2 atom stereocenters. The molecule has 1 aliphatic rings. The van der Waals surface area contributed by atoms with Gasteiger partial charge in [0.05, 0.1) is 5.75 Å². The minimum Gasteiger partial charge on any atom is -0.315 e. The summed E-state index contributed by atoms with van der Waals surface area (Å²) >= 11 is 0. The van der Waals surface area contributed by atoms with E-state index in [0.29, 0.717) is 0 Å². The molecule has 1 saturated heterocycles. The second-order valence-electron chi connectivity index (χ2n) is 4.84. The Morgan fingerprint density at radius 2 is 2.19 bits per heavy atom. The molecule has 0 bridgehead atoms. The molecule has 0 aromatic rings. The molecular weight excluding hydrogens is 224 g/mol. The zero-order chi connectivity index (χ0) is 12.2. The third-order valence-corrected chi connectivity index (χ3v) is 5.43. The van der Waals surface area contributed by atoms with Gasteiger partial charge in [0.15, 0.2) is 0 Å². The fourth-order valence-electron chi connectivity index (χ4n) is 2.23. The van der Waals surface area contributed by atoms with Gasteiger partial charge in [-0.2, -0.15) is 0 Å². The molecule has 5 heteroatoms. The van der Waals surface area contributed by atoms with Crippen LogP contribution in [-0.4, -0.2) is 44.7 Å². The van der Waals surface area contributed by atoms with E-state index < -0.39 is 10.0 Å². The molecule has 1 heterocycles. The van der Waals surface area contributed by atoms with E-state index in [1.54, 1.807) is 11.4 Å². The van der Waals surface area contributed by atoms with Crippen molar-refractivity contribution in [3.05, 3.63) is 0 Å². The summed E-state index contributed by atoms with van der Waals surface area (Å²) < 4.78 is 25.8. The summed E-state index contributed by atoms with van der Waals surface area (Å²) in [7, 11) is -1.36. The van der Waals surface area contributed by atoms with Crippen LogP contribution in [0.5, 0.6) is 0 Å². The van der Waals surface area contributed by atoms with Crippen LogP contribution in [0, 0.1) is 5.92 Å². The van der Waals surface area contributed by atoms with Crippen molar-refractivity contribution in [2.45, 2.75) is 39.2 Å². The highest BCUT2D eigenvalue weighted by atomic mass is 32.2. The average molecular weight is 248 g/mol. The first-order valence-corrected chi connectivity index (χ1v) is 7.74. The molecule has 0 amide bonds. The lowest BCUT2D eigenvalue weighted by Crippen LogP contribution is -2.40. The molecule has 1 fully saturated rings. The largest absolute Gasteiger partial charge is 0.315 e. The van der Waals surface area contributed by atoms with E-state index in [9.17, 15) is 8.42 Å². The Morgan fingerprint density at radius 3 is 2.69 bits per heavy atom. The Labute approximate surface area is 99.5 Å². The van der Waals surface area contributed by atoms with Crippen molar-refractivity contribution >= 4 is 10.0 Å². The van der Waals surface area contributed by atoms with Gasteiger partial charge in [-0.25, -0.2) is 12.7 Å². The predicted molar refractivity (Wildman–Crippen MR) is 66.9 cm³/mol. The molecule has 1 aliphatic heterocycles. The van der Waals surface area contributed by atoms with E-state index in [1.165, 1.54) is 0 Å². The Kier molecular flexibility index (Phi) is 5.21. The quantitative estimate of drug-likeness (QED) is 0.764. The normalized spacial score (nSPS) is 23.9. The van der Waals surface area contributed by atoms with Gasteiger partial charge in [-0.1, -0.05) is 20.3 Å². The van der Waals surface area contributed by atoms with Crippen LogP contribution in [0.1, 0.15) is 33.1 Å². The molecule has 0 aromatic carbocycles. The zero-order valence-corrected chi connectivity index (χ0v) is 11.4. The topological polar surface area (TPSA) is 49.4 Å². The van der Waals surface area contributed by atoms with Gasteiger partial charge in [0, 0.05) is 19.6 Å². The Balaban J connectivity index is 2.54. The van der Waals surface area contributed by atoms with Crippen LogP contribution in [0.15, 0.2) is 0 Å². The van der Waals surface area contributed by atoms with Crippen molar-refractivity contribution in [2.24, 2.45) is 5.92 Å². The minimum atomic E-state index is -3.07. The average Bonchev–Trinajstić information content (AvgIpc) is 2.68. The van der Waals surface area contributed by atoms with Crippen LogP contribution in [0.25, 0.3) is 0 Å². The van der Waals surface area contributed by atoms with Gasteiger partial charge in [0.25, 0.3) is 0 Å². The van der Waals surface area contributed by atoms with Crippen molar-refractivity contribution in [3.63, 3.8) is 0 Å². The lowest BCUT2D eigenvalue weighted by Gasteiger charge is -2.24. The van der Waals surface area contributed by atoms with Crippen LogP contribution in [-0.2, 0) is 10.0 Å². The number of nitrogens with zero attached hydrogens (tertiary/aromatic N) is 1. The highest BCUT2D eigenvalue weighted by Crippen LogP contribution is 2.16. The fraction of sp³-hybridized carbons (Fsp3) is 1.00. The van der Waals surface area contributed by atoms with Gasteiger partial charge in [0.2, 0.25) is 10.0 Å². The monoisotopic (exact) mass is 248 g/mol. The summed E-state index contributed by atoms with van der Waals surface area (Å²) in [6.45, 7) is 5.82. The second kappa shape index (κ2) is 5.98. The highest BCUT2D eigenvalue weighted by molar-refractivity contribution is 7.89. The maximum Gasteiger partial charge on any atom is 0.214 e. The van der Waals surface area contributed by atoms with Crippen LogP contribution in [0.4, 0.5) is 0 Å². The molecule has 16 heavy (non-hydrogen) atoms. The fourth-order valence-corrected chi connectivity index (χ4v) is 3.99. The molecule has 0 spiro atoms. The van der Waals surface area contributed by atoms with E-state index in [4.69, 9.17) is 0 Å². The molecule has 0 saturated carbocycles. The van der Waals surface area contributed by atoms with Gasteiger partial charge >= 0.3 is 0 Å². The molecular formula is C11H24N2O2S. The Bertz CT molecular complexity index is 297. The summed E-state index contributed by atoms with van der Waals surface area (Å²) in [5, 5.41) is 3.20. The minimum absolute atomic E-state index is 0.152. The van der Waals surface area contributed by atoms with Gasteiger partial charge in [-0.3, -0.25) is 0 Å². The van der Waals surface area contributed by atoms with Gasteiger partial charge < -0.3 is 5.32 Å². The first-order valence-electron chi connectivity index (χ1n) is 6.13. The molecule has 1 N–H and O–H groups in total. The van der Waals surface area contributed by atoms with Crippen molar-refractivity contribution in [1.82, 2.24) is 9.62 Å². The van der Waals surface area contributed by atoms with Crippen molar-refractivity contribution in [3.8, 4) is 0 Å². The SMILES string of the molecule is CCCC(C)CS(=O)(=O)N(C)C1CCNC1. The van der Waals surface area contributed by atoms with Crippen molar-refractivity contribution in [2.75, 3.05) is 25.9 Å². The maximum absolute atomic E-state index is 12.1. The molecule has 0 aliphatic carbocycles. The first-order chi connectivity index (χ1) is 7.47. The molecule has 96 valence electrons. The Morgan fingerprint density at radius 1 is 1.50 bits per heavy atom. The van der Waals surface area contributed by atoms with E-state index in [-0.39, 0.29) is 17.7 Å². The molecule has 0 aromatic heterocycles. The number of likely N-dealkylation sites (N-methyl/N-ethyl adjacent to an activating group) is 1.